The third-order valence-electron chi connectivity index (χ3n) is 5.21. The molecule has 1 saturated carbocycles. The number of hydrogen-bond donors (Lipinski definition) is 0. The Labute approximate surface area is 127 Å². The first-order valence-corrected chi connectivity index (χ1v) is 8.15. The van der Waals surface area contributed by atoms with Crippen LogP contribution in [0.1, 0.15) is 47.5 Å². The highest BCUT2D eigenvalue weighted by atomic mass is 16.1. The van der Waals surface area contributed by atoms with Crippen molar-refractivity contribution in [3.63, 3.8) is 0 Å². The van der Waals surface area contributed by atoms with Gasteiger partial charge in [0.25, 0.3) is 0 Å². The monoisotopic (exact) mass is 286 g/mol. The molecule has 3 nitrogen and oxygen atoms in total. The molecular weight excluding hydrogens is 260 g/mol. The Kier molecular flexibility index (Phi) is 4.41. The largest absolute Gasteiger partial charge is 0.304 e. The Morgan fingerprint density at radius 3 is 2.48 bits per heavy atom. The van der Waals surface area contributed by atoms with Gasteiger partial charge < -0.3 is 9.80 Å². The first-order chi connectivity index (χ1) is 10.1. The van der Waals surface area contributed by atoms with Crippen LogP contribution in [0.4, 0.5) is 0 Å². The van der Waals surface area contributed by atoms with Gasteiger partial charge in [0.05, 0.1) is 0 Å². The average molecular weight is 286 g/mol. The maximum Gasteiger partial charge on any atom is 0.164 e. The Balaban J connectivity index is 1.61. The van der Waals surface area contributed by atoms with Gasteiger partial charge in [0, 0.05) is 37.7 Å². The Hall–Kier alpha value is -1.19. The standard InChI is InChI=1S/C18H26N2O/c1-19-10-11-20(2)17(13-19)12-18(21)16-8-6-15(7-9-16)14-4-3-5-14/h6-9,14,17H,3-5,10-13H2,1-2H3. The van der Waals surface area contributed by atoms with E-state index in [1.165, 1.54) is 24.8 Å². The van der Waals surface area contributed by atoms with E-state index >= 15 is 0 Å². The summed E-state index contributed by atoms with van der Waals surface area (Å²) in [4.78, 5) is 17.1. The van der Waals surface area contributed by atoms with Crippen LogP contribution in [-0.2, 0) is 0 Å². The normalized spacial score (nSPS) is 24.8. The molecule has 0 bridgehead atoms. The lowest BCUT2D eigenvalue weighted by Crippen LogP contribution is -2.50. The molecule has 1 aromatic carbocycles. The van der Waals surface area contributed by atoms with Crippen molar-refractivity contribution in [2.75, 3.05) is 33.7 Å². The minimum absolute atomic E-state index is 0.280. The van der Waals surface area contributed by atoms with E-state index in [0.29, 0.717) is 12.5 Å². The predicted octanol–water partition coefficient (Wildman–Crippen LogP) is 2.77. The van der Waals surface area contributed by atoms with E-state index in [9.17, 15) is 4.79 Å². The topological polar surface area (TPSA) is 23.6 Å². The van der Waals surface area contributed by atoms with Crippen molar-refractivity contribution in [3.8, 4) is 0 Å². The molecular formula is C18H26N2O. The maximum absolute atomic E-state index is 12.5. The summed E-state index contributed by atoms with van der Waals surface area (Å²) in [6, 6.07) is 8.73. The lowest BCUT2D eigenvalue weighted by atomic mass is 9.80. The summed E-state index contributed by atoms with van der Waals surface area (Å²) in [6.07, 6.45) is 4.61. The molecule has 3 heteroatoms. The third kappa shape index (κ3) is 3.35. The van der Waals surface area contributed by atoms with Crippen molar-refractivity contribution in [1.82, 2.24) is 9.80 Å². The van der Waals surface area contributed by atoms with Crippen molar-refractivity contribution < 1.29 is 4.79 Å². The molecule has 2 fully saturated rings. The Morgan fingerprint density at radius 1 is 1.14 bits per heavy atom. The number of ketones is 1. The highest BCUT2D eigenvalue weighted by Gasteiger charge is 2.25. The minimum Gasteiger partial charge on any atom is -0.304 e. The van der Waals surface area contributed by atoms with Crippen molar-refractivity contribution >= 4 is 5.78 Å². The zero-order chi connectivity index (χ0) is 14.8. The summed E-state index contributed by atoms with van der Waals surface area (Å²) in [5.74, 6) is 1.02. The molecule has 0 aromatic heterocycles. The van der Waals surface area contributed by atoms with E-state index in [-0.39, 0.29) is 5.78 Å². The fraction of sp³-hybridized carbons (Fsp3) is 0.611. The smallest absolute Gasteiger partial charge is 0.164 e. The maximum atomic E-state index is 12.5. The molecule has 0 radical (unpaired) electrons. The molecule has 1 aliphatic carbocycles. The van der Waals surface area contributed by atoms with Crippen LogP contribution in [0, 0.1) is 0 Å². The Morgan fingerprint density at radius 2 is 1.86 bits per heavy atom. The van der Waals surface area contributed by atoms with Gasteiger partial charge in [-0.25, -0.2) is 0 Å². The quantitative estimate of drug-likeness (QED) is 0.795. The SMILES string of the molecule is CN1CCN(C)C(CC(=O)c2ccc(C3CCC3)cc2)C1. The van der Waals surface area contributed by atoms with E-state index in [1.807, 2.05) is 12.1 Å². The Bertz CT molecular complexity index is 492. The second-order valence-electron chi connectivity index (χ2n) is 6.77. The van der Waals surface area contributed by atoms with Gasteiger partial charge in [0.2, 0.25) is 0 Å². The van der Waals surface area contributed by atoms with Crippen LogP contribution in [0.3, 0.4) is 0 Å². The number of nitrogens with zero attached hydrogens (tertiary/aromatic N) is 2. The highest BCUT2D eigenvalue weighted by molar-refractivity contribution is 5.96. The summed E-state index contributed by atoms with van der Waals surface area (Å²) in [6.45, 7) is 3.13. The van der Waals surface area contributed by atoms with E-state index in [0.717, 1.165) is 31.1 Å². The van der Waals surface area contributed by atoms with Crippen LogP contribution in [0.25, 0.3) is 0 Å². The number of piperazine rings is 1. The van der Waals surface area contributed by atoms with E-state index in [2.05, 4.69) is 36.0 Å². The molecule has 21 heavy (non-hydrogen) atoms. The van der Waals surface area contributed by atoms with Gasteiger partial charge >= 0.3 is 0 Å². The summed E-state index contributed by atoms with van der Waals surface area (Å²) < 4.78 is 0. The van der Waals surface area contributed by atoms with Crippen LogP contribution in [-0.4, -0.2) is 55.4 Å². The van der Waals surface area contributed by atoms with Crippen LogP contribution >= 0.6 is 0 Å². The van der Waals surface area contributed by atoms with Crippen molar-refractivity contribution in [3.05, 3.63) is 35.4 Å². The second kappa shape index (κ2) is 6.29. The number of carbonyl (C=O) groups is 1. The average Bonchev–Trinajstić information content (AvgIpc) is 2.42. The molecule has 1 heterocycles. The summed E-state index contributed by atoms with van der Waals surface area (Å²) in [5.41, 5.74) is 2.28. The molecule has 1 saturated heterocycles. The number of carbonyl (C=O) groups excluding carboxylic acids is 1. The van der Waals surface area contributed by atoms with Crippen molar-refractivity contribution in [2.45, 2.75) is 37.6 Å². The summed E-state index contributed by atoms with van der Waals surface area (Å²) >= 11 is 0. The molecule has 3 rings (SSSR count). The lowest BCUT2D eigenvalue weighted by molar-refractivity contribution is 0.0810. The first kappa shape index (κ1) is 14.7. The fourth-order valence-corrected chi connectivity index (χ4v) is 3.34. The van der Waals surface area contributed by atoms with E-state index in [4.69, 9.17) is 0 Å². The minimum atomic E-state index is 0.280. The zero-order valence-electron chi connectivity index (χ0n) is 13.2. The van der Waals surface area contributed by atoms with Crippen molar-refractivity contribution in [2.24, 2.45) is 0 Å². The molecule has 0 N–H and O–H groups in total. The van der Waals surface area contributed by atoms with Crippen LogP contribution < -0.4 is 0 Å². The van der Waals surface area contributed by atoms with Gasteiger partial charge in [-0.1, -0.05) is 30.7 Å². The van der Waals surface area contributed by atoms with Gasteiger partial charge in [0.15, 0.2) is 5.78 Å². The summed E-state index contributed by atoms with van der Waals surface area (Å²) in [7, 11) is 4.27. The number of likely N-dealkylation sites (N-methyl/N-ethyl adjacent to an activating group) is 2. The molecule has 1 aromatic rings. The van der Waals surface area contributed by atoms with E-state index < -0.39 is 0 Å². The fourth-order valence-electron chi connectivity index (χ4n) is 3.34. The molecule has 0 amide bonds. The third-order valence-corrected chi connectivity index (χ3v) is 5.21. The highest BCUT2D eigenvalue weighted by Crippen LogP contribution is 2.36. The van der Waals surface area contributed by atoms with Crippen LogP contribution in [0.15, 0.2) is 24.3 Å². The number of Topliss-reactive ketones (excluding diaryl/α,β-unsaturated/α-hetero) is 1. The number of benzene rings is 1. The molecule has 1 aliphatic heterocycles. The predicted molar refractivity (Wildman–Crippen MR) is 85.9 cm³/mol. The molecule has 114 valence electrons. The van der Waals surface area contributed by atoms with Crippen molar-refractivity contribution in [1.29, 1.82) is 0 Å². The molecule has 2 aliphatic rings. The first-order valence-electron chi connectivity index (χ1n) is 8.15. The lowest BCUT2D eigenvalue weighted by Gasteiger charge is -2.37. The van der Waals surface area contributed by atoms with Gasteiger partial charge in [0.1, 0.15) is 0 Å². The molecule has 1 atom stereocenters. The number of rotatable bonds is 4. The molecule has 0 spiro atoms. The van der Waals surface area contributed by atoms with Gasteiger partial charge in [-0.2, -0.15) is 0 Å². The van der Waals surface area contributed by atoms with Gasteiger partial charge in [-0.15, -0.1) is 0 Å². The van der Waals surface area contributed by atoms with E-state index in [1.54, 1.807) is 0 Å². The second-order valence-corrected chi connectivity index (χ2v) is 6.77. The van der Waals surface area contributed by atoms with Crippen LogP contribution in [0.2, 0.25) is 0 Å². The molecule has 1 unspecified atom stereocenters. The van der Waals surface area contributed by atoms with Gasteiger partial charge in [-0.3, -0.25) is 4.79 Å². The van der Waals surface area contributed by atoms with Gasteiger partial charge in [-0.05, 0) is 38.4 Å². The number of hydrogen-bond acceptors (Lipinski definition) is 3. The van der Waals surface area contributed by atoms with Crippen LogP contribution in [0.5, 0.6) is 0 Å². The summed E-state index contributed by atoms with van der Waals surface area (Å²) in [5, 5.41) is 0. The zero-order valence-corrected chi connectivity index (χ0v) is 13.2.